The van der Waals surface area contributed by atoms with E-state index >= 15 is 0 Å². The minimum Gasteiger partial charge on any atom is -0.467 e. The van der Waals surface area contributed by atoms with Crippen molar-refractivity contribution in [2.24, 2.45) is 5.41 Å². The number of esters is 1. The molecule has 4 rings (SSSR count). The summed E-state index contributed by atoms with van der Waals surface area (Å²) in [4.78, 5) is 52.0. The molecule has 1 spiro atoms. The predicted octanol–water partition coefficient (Wildman–Crippen LogP) is 2.84. The third kappa shape index (κ3) is 3.28. The van der Waals surface area contributed by atoms with Crippen molar-refractivity contribution in [3.05, 3.63) is 59.2 Å². The number of carbonyl (C=O) groups is 4. The van der Waals surface area contributed by atoms with E-state index in [9.17, 15) is 24.4 Å². The number of likely N-dealkylation sites (tertiary alicyclic amines) is 1. The topological polar surface area (TPSA) is 105 Å². The first-order valence-electron chi connectivity index (χ1n) is 10.4. The number of hydrogen-bond acceptors (Lipinski definition) is 6. The lowest BCUT2D eigenvalue weighted by Crippen LogP contribution is -2.42. The van der Waals surface area contributed by atoms with Crippen LogP contribution in [0.5, 0.6) is 0 Å². The molecule has 2 aliphatic rings. The second-order valence-electron chi connectivity index (χ2n) is 8.27. The number of nitrogens with zero attached hydrogens (tertiary/aromatic N) is 2. The zero-order chi connectivity index (χ0) is 23.0. The van der Waals surface area contributed by atoms with Crippen molar-refractivity contribution in [1.29, 1.82) is 5.26 Å². The molecule has 32 heavy (non-hydrogen) atoms. The zero-order valence-corrected chi connectivity index (χ0v) is 17.9. The molecule has 1 saturated heterocycles. The Morgan fingerprint density at radius 1 is 1.09 bits per heavy atom. The van der Waals surface area contributed by atoms with Gasteiger partial charge in [-0.15, -0.1) is 0 Å². The molecule has 2 fully saturated rings. The van der Waals surface area contributed by atoms with Crippen LogP contribution in [0.3, 0.4) is 0 Å². The number of ether oxygens (including phenoxy) is 1. The molecule has 1 aliphatic carbocycles. The molecule has 1 saturated carbocycles. The van der Waals surface area contributed by atoms with Gasteiger partial charge in [0.1, 0.15) is 23.0 Å². The first-order chi connectivity index (χ1) is 15.3. The molecule has 0 N–H and O–H groups in total. The van der Waals surface area contributed by atoms with Gasteiger partial charge in [0.05, 0.1) is 18.7 Å². The van der Waals surface area contributed by atoms with Crippen LogP contribution < -0.4 is 0 Å². The molecule has 7 nitrogen and oxygen atoms in total. The molecule has 2 aromatic rings. The first kappa shape index (κ1) is 21.4. The van der Waals surface area contributed by atoms with Crippen LogP contribution in [0.2, 0.25) is 0 Å². The SMILES string of the molecule is COC(=O)[C@@H]1CC2(CN1C(=O)c1ccc(-c3cccc(C#N)c3C)cc1)C(=O)CCC2=O. The summed E-state index contributed by atoms with van der Waals surface area (Å²) in [6.45, 7) is 1.77. The van der Waals surface area contributed by atoms with E-state index in [1.807, 2.05) is 13.0 Å². The molecule has 0 unspecified atom stereocenters. The molecule has 1 aliphatic heterocycles. The first-order valence-corrected chi connectivity index (χ1v) is 10.4. The van der Waals surface area contributed by atoms with Crippen LogP contribution in [0, 0.1) is 23.7 Å². The molecule has 0 radical (unpaired) electrons. The van der Waals surface area contributed by atoms with Crippen molar-refractivity contribution in [1.82, 2.24) is 4.90 Å². The maximum atomic E-state index is 13.3. The van der Waals surface area contributed by atoms with Crippen LogP contribution in [0.15, 0.2) is 42.5 Å². The molecular weight excluding hydrogens is 408 g/mol. The summed E-state index contributed by atoms with van der Waals surface area (Å²) in [5, 5.41) is 9.26. The van der Waals surface area contributed by atoms with Gasteiger partial charge in [-0.3, -0.25) is 14.4 Å². The molecular formula is C25H22N2O5. The Hall–Kier alpha value is -3.79. The quantitative estimate of drug-likeness (QED) is 0.548. The van der Waals surface area contributed by atoms with Crippen molar-refractivity contribution in [3.8, 4) is 17.2 Å². The third-order valence-corrected chi connectivity index (χ3v) is 6.64. The Balaban J connectivity index is 1.65. The number of Topliss-reactive ketones (excluding diaryl/α,β-unsaturated/α-hetero) is 2. The number of hydrogen-bond donors (Lipinski definition) is 0. The Morgan fingerprint density at radius 2 is 1.75 bits per heavy atom. The van der Waals surface area contributed by atoms with Gasteiger partial charge in [0.25, 0.3) is 5.91 Å². The summed E-state index contributed by atoms with van der Waals surface area (Å²) in [5.74, 6) is -1.49. The number of ketones is 2. The fraction of sp³-hybridized carbons (Fsp3) is 0.320. The van der Waals surface area contributed by atoms with Crippen LogP contribution >= 0.6 is 0 Å². The van der Waals surface area contributed by atoms with Crippen molar-refractivity contribution in [2.75, 3.05) is 13.7 Å². The highest BCUT2D eigenvalue weighted by Crippen LogP contribution is 2.44. The lowest BCUT2D eigenvalue weighted by molar-refractivity contribution is -0.145. The van der Waals surface area contributed by atoms with Crippen molar-refractivity contribution in [2.45, 2.75) is 32.2 Å². The summed E-state index contributed by atoms with van der Waals surface area (Å²) < 4.78 is 4.85. The van der Waals surface area contributed by atoms with E-state index in [-0.39, 0.29) is 37.4 Å². The van der Waals surface area contributed by atoms with Crippen molar-refractivity contribution >= 4 is 23.4 Å². The maximum Gasteiger partial charge on any atom is 0.328 e. The second kappa shape index (κ2) is 8.04. The van der Waals surface area contributed by atoms with Gasteiger partial charge in [0.2, 0.25) is 0 Å². The van der Waals surface area contributed by atoms with Gasteiger partial charge >= 0.3 is 5.97 Å². The Bertz CT molecular complexity index is 1160. The van der Waals surface area contributed by atoms with Gasteiger partial charge in [0, 0.05) is 24.9 Å². The van der Waals surface area contributed by atoms with E-state index in [4.69, 9.17) is 4.74 Å². The molecule has 1 amide bonds. The van der Waals surface area contributed by atoms with E-state index in [2.05, 4.69) is 6.07 Å². The normalized spacial score (nSPS) is 19.3. The Kier molecular flexibility index (Phi) is 5.39. The monoisotopic (exact) mass is 430 g/mol. The lowest BCUT2D eigenvalue weighted by atomic mass is 9.82. The highest BCUT2D eigenvalue weighted by atomic mass is 16.5. The summed E-state index contributed by atoms with van der Waals surface area (Å²) in [6.07, 6.45) is 0.260. The molecule has 0 aromatic heterocycles. The number of rotatable bonds is 3. The molecule has 7 heteroatoms. The van der Waals surface area contributed by atoms with Crippen LogP contribution in [-0.2, 0) is 19.1 Å². The highest BCUT2D eigenvalue weighted by molar-refractivity contribution is 6.15. The number of carbonyl (C=O) groups excluding carboxylic acids is 4. The van der Waals surface area contributed by atoms with Crippen molar-refractivity contribution < 1.29 is 23.9 Å². The molecule has 1 heterocycles. The number of methoxy groups -OCH3 is 1. The molecule has 1 atom stereocenters. The van der Waals surface area contributed by atoms with Crippen LogP contribution in [0.25, 0.3) is 11.1 Å². The van der Waals surface area contributed by atoms with E-state index in [0.29, 0.717) is 11.1 Å². The van der Waals surface area contributed by atoms with Gasteiger partial charge in [-0.25, -0.2) is 4.79 Å². The van der Waals surface area contributed by atoms with E-state index in [0.717, 1.165) is 16.7 Å². The highest BCUT2D eigenvalue weighted by Gasteiger charge is 2.59. The van der Waals surface area contributed by atoms with Crippen molar-refractivity contribution in [3.63, 3.8) is 0 Å². The average molecular weight is 430 g/mol. The van der Waals surface area contributed by atoms with Gasteiger partial charge < -0.3 is 9.64 Å². The zero-order valence-electron chi connectivity index (χ0n) is 17.9. The minimum absolute atomic E-state index is 0.0265. The van der Waals surface area contributed by atoms with E-state index < -0.39 is 23.3 Å². The molecule has 2 aromatic carbocycles. The van der Waals surface area contributed by atoms with Gasteiger partial charge in [-0.2, -0.15) is 5.26 Å². The Morgan fingerprint density at radius 3 is 2.34 bits per heavy atom. The standard InChI is InChI=1S/C25H22N2O5/c1-15-18(13-26)4-3-5-19(15)16-6-8-17(9-7-16)23(30)27-14-25(12-20(27)24(31)32-2)21(28)10-11-22(25)29/h3-9,20H,10-12,14H2,1-2H3/t20-/m0/s1. The summed E-state index contributed by atoms with van der Waals surface area (Å²) >= 11 is 0. The third-order valence-electron chi connectivity index (χ3n) is 6.64. The smallest absolute Gasteiger partial charge is 0.328 e. The van der Waals surface area contributed by atoms with Crippen LogP contribution in [-0.4, -0.2) is 48.0 Å². The van der Waals surface area contributed by atoms with E-state index in [1.54, 1.807) is 36.4 Å². The summed E-state index contributed by atoms with van der Waals surface area (Å²) in [5.41, 5.74) is 2.20. The maximum absolute atomic E-state index is 13.3. The average Bonchev–Trinajstić information content (AvgIpc) is 3.35. The lowest BCUT2D eigenvalue weighted by Gasteiger charge is -2.23. The fourth-order valence-corrected chi connectivity index (χ4v) is 4.76. The van der Waals surface area contributed by atoms with Crippen LogP contribution in [0.4, 0.5) is 0 Å². The van der Waals surface area contributed by atoms with E-state index in [1.165, 1.54) is 12.0 Å². The van der Waals surface area contributed by atoms with Gasteiger partial charge in [-0.05, 0) is 48.2 Å². The van der Waals surface area contributed by atoms with Gasteiger partial charge in [-0.1, -0.05) is 24.3 Å². The largest absolute Gasteiger partial charge is 0.467 e. The molecule has 162 valence electrons. The number of benzene rings is 2. The van der Waals surface area contributed by atoms with Gasteiger partial charge in [0.15, 0.2) is 0 Å². The fourth-order valence-electron chi connectivity index (χ4n) is 4.76. The minimum atomic E-state index is -1.30. The second-order valence-corrected chi connectivity index (χ2v) is 8.27. The number of nitriles is 1. The van der Waals surface area contributed by atoms with Crippen LogP contribution in [0.1, 0.15) is 40.7 Å². The molecule has 0 bridgehead atoms. The number of amides is 1. The predicted molar refractivity (Wildman–Crippen MR) is 114 cm³/mol. The summed E-state index contributed by atoms with van der Waals surface area (Å²) in [6, 6.07) is 13.5. The Labute approximate surface area is 185 Å². The summed E-state index contributed by atoms with van der Waals surface area (Å²) in [7, 11) is 1.22.